The van der Waals surface area contributed by atoms with Gasteiger partial charge in [0.15, 0.2) is 0 Å². The first-order valence-corrected chi connectivity index (χ1v) is 6.89. The first-order valence-electron chi connectivity index (χ1n) is 6.89. The van der Waals surface area contributed by atoms with Gasteiger partial charge in [-0.05, 0) is 38.1 Å². The van der Waals surface area contributed by atoms with Crippen LogP contribution in [0.4, 0.5) is 28.0 Å². The molecule has 1 rings (SSSR count). The van der Waals surface area contributed by atoms with Crippen LogP contribution in [0.15, 0.2) is 24.3 Å². The highest BCUT2D eigenvalue weighted by Crippen LogP contribution is 2.33. The predicted molar refractivity (Wildman–Crippen MR) is 75.6 cm³/mol. The van der Waals surface area contributed by atoms with Crippen molar-refractivity contribution in [2.24, 2.45) is 0 Å². The molecule has 1 atom stereocenters. The topological polar surface area (TPSA) is 76.7 Å². The second kappa shape index (κ2) is 7.95. The first kappa shape index (κ1) is 19.7. The fourth-order valence-corrected chi connectivity index (χ4v) is 1.72. The van der Waals surface area contributed by atoms with Gasteiger partial charge in [-0.15, -0.1) is 0 Å². The number of carbonyl (C=O) groups is 2. The maximum atomic E-state index is 13.4. The van der Waals surface area contributed by atoms with Gasteiger partial charge in [0.2, 0.25) is 0 Å². The van der Waals surface area contributed by atoms with Crippen LogP contribution < -0.4 is 10.6 Å². The van der Waals surface area contributed by atoms with E-state index in [1.165, 1.54) is 19.2 Å². The quantitative estimate of drug-likeness (QED) is 0.469. The summed E-state index contributed by atoms with van der Waals surface area (Å²) in [5.74, 6) is -2.39. The fraction of sp³-hybridized carbons (Fsp3) is 0.429. The molecule has 134 valence electrons. The van der Waals surface area contributed by atoms with Crippen molar-refractivity contribution in [2.75, 3.05) is 18.5 Å². The van der Waals surface area contributed by atoms with Crippen molar-refractivity contribution in [1.29, 1.82) is 0 Å². The molecule has 1 aromatic carbocycles. The van der Waals surface area contributed by atoms with E-state index in [2.05, 4.69) is 9.47 Å². The van der Waals surface area contributed by atoms with E-state index in [0.29, 0.717) is 0 Å². The van der Waals surface area contributed by atoms with E-state index in [1.807, 2.05) is 5.32 Å². The third kappa shape index (κ3) is 4.57. The minimum Gasteiger partial charge on any atom is -0.462 e. The second-order valence-corrected chi connectivity index (χ2v) is 4.42. The van der Waals surface area contributed by atoms with Crippen molar-refractivity contribution < 1.29 is 36.6 Å². The summed E-state index contributed by atoms with van der Waals surface area (Å²) >= 11 is 0. The minimum absolute atomic E-state index is 0.0188. The summed E-state index contributed by atoms with van der Waals surface area (Å²) in [6.07, 6.45) is -5.27. The average molecular weight is 352 g/mol. The number of amides is 2. The molecule has 0 spiro atoms. The standard InChI is InChI=1S/C14H16F4N2O4/c1-3-23-11(21)13(24-4-2,14(16,17)18)20-12(22)19-10-7-5-9(15)6-8-10/h5-8H,3-4H2,1-2H3,(H2,19,20,22)/t13-/m0/s1. The Kier molecular flexibility index (Phi) is 6.52. The van der Waals surface area contributed by atoms with Gasteiger partial charge >= 0.3 is 23.9 Å². The minimum atomic E-state index is -5.27. The molecule has 0 fully saturated rings. The van der Waals surface area contributed by atoms with Crippen LogP contribution in [-0.4, -0.2) is 37.1 Å². The molecule has 0 saturated carbocycles. The van der Waals surface area contributed by atoms with Crippen molar-refractivity contribution >= 4 is 17.7 Å². The number of alkyl halides is 3. The molecule has 10 heteroatoms. The van der Waals surface area contributed by atoms with Gasteiger partial charge in [-0.2, -0.15) is 13.2 Å². The number of hydrogen-bond acceptors (Lipinski definition) is 4. The van der Waals surface area contributed by atoms with Crippen LogP contribution in [0, 0.1) is 5.82 Å². The van der Waals surface area contributed by atoms with E-state index < -0.39 is 36.3 Å². The highest BCUT2D eigenvalue weighted by Gasteiger charge is 2.64. The zero-order valence-electron chi connectivity index (χ0n) is 12.9. The van der Waals surface area contributed by atoms with E-state index >= 15 is 0 Å². The molecule has 0 radical (unpaired) electrons. The zero-order chi connectivity index (χ0) is 18.4. The third-order valence-corrected chi connectivity index (χ3v) is 2.71. The van der Waals surface area contributed by atoms with E-state index in [4.69, 9.17) is 0 Å². The maximum absolute atomic E-state index is 13.4. The summed E-state index contributed by atoms with van der Waals surface area (Å²) < 4.78 is 61.8. The highest BCUT2D eigenvalue weighted by atomic mass is 19.4. The molecule has 0 unspecified atom stereocenters. The molecule has 0 aliphatic rings. The number of esters is 1. The van der Waals surface area contributed by atoms with Crippen LogP contribution in [0.3, 0.4) is 0 Å². The maximum Gasteiger partial charge on any atom is 0.448 e. The van der Waals surface area contributed by atoms with E-state index in [1.54, 1.807) is 0 Å². The highest BCUT2D eigenvalue weighted by molar-refractivity contribution is 5.94. The van der Waals surface area contributed by atoms with Gasteiger partial charge in [-0.1, -0.05) is 0 Å². The largest absolute Gasteiger partial charge is 0.462 e. The average Bonchev–Trinajstić information content (AvgIpc) is 2.48. The molecule has 0 aromatic heterocycles. The molecular weight excluding hydrogens is 336 g/mol. The van der Waals surface area contributed by atoms with Gasteiger partial charge in [0.05, 0.1) is 6.61 Å². The number of benzene rings is 1. The number of nitrogens with one attached hydrogen (secondary N) is 2. The lowest BCUT2D eigenvalue weighted by Gasteiger charge is -2.33. The smallest absolute Gasteiger partial charge is 0.448 e. The molecule has 6 nitrogen and oxygen atoms in total. The number of ether oxygens (including phenoxy) is 2. The van der Waals surface area contributed by atoms with Gasteiger partial charge in [-0.3, -0.25) is 5.32 Å². The Morgan fingerprint density at radius 2 is 1.67 bits per heavy atom. The number of rotatable bonds is 6. The van der Waals surface area contributed by atoms with Crippen LogP contribution in [0.1, 0.15) is 13.8 Å². The molecular formula is C14H16F4N2O4. The SMILES string of the molecule is CCOC(=O)[C@](NC(=O)Nc1ccc(F)cc1)(OCC)C(F)(F)F. The van der Waals surface area contributed by atoms with Gasteiger partial charge in [0.1, 0.15) is 5.82 Å². The lowest BCUT2D eigenvalue weighted by Crippen LogP contribution is -2.67. The molecule has 0 aliphatic carbocycles. The molecule has 2 N–H and O–H groups in total. The summed E-state index contributed by atoms with van der Waals surface area (Å²) in [4.78, 5) is 23.6. The molecule has 24 heavy (non-hydrogen) atoms. The molecule has 0 saturated heterocycles. The Morgan fingerprint density at radius 3 is 2.12 bits per heavy atom. The monoisotopic (exact) mass is 352 g/mol. The predicted octanol–water partition coefficient (Wildman–Crippen LogP) is 2.81. The molecule has 1 aromatic rings. The van der Waals surface area contributed by atoms with Crippen molar-refractivity contribution in [3.63, 3.8) is 0 Å². The van der Waals surface area contributed by atoms with Crippen LogP contribution in [0.25, 0.3) is 0 Å². The summed E-state index contributed by atoms with van der Waals surface area (Å²) in [5.41, 5.74) is -3.63. The number of carbonyl (C=O) groups excluding carboxylic acids is 2. The number of urea groups is 1. The Morgan fingerprint density at radius 1 is 1.08 bits per heavy atom. The second-order valence-electron chi connectivity index (χ2n) is 4.42. The van der Waals surface area contributed by atoms with Crippen LogP contribution in [0.5, 0.6) is 0 Å². The zero-order valence-corrected chi connectivity index (χ0v) is 12.9. The molecule has 2 amide bonds. The van der Waals surface area contributed by atoms with Crippen molar-refractivity contribution in [1.82, 2.24) is 5.32 Å². The lowest BCUT2D eigenvalue weighted by molar-refractivity contribution is -0.282. The molecule has 0 bridgehead atoms. The Labute approximate surface area is 135 Å². The molecule has 0 aliphatic heterocycles. The summed E-state index contributed by atoms with van der Waals surface area (Å²) in [6, 6.07) is 2.89. The van der Waals surface area contributed by atoms with Gasteiger partial charge < -0.3 is 14.8 Å². The Balaban J connectivity index is 3.04. The van der Waals surface area contributed by atoms with Gasteiger partial charge in [0.25, 0.3) is 0 Å². The van der Waals surface area contributed by atoms with Gasteiger partial charge in [-0.25, -0.2) is 14.0 Å². The van der Waals surface area contributed by atoms with Gasteiger partial charge in [0, 0.05) is 12.3 Å². The van der Waals surface area contributed by atoms with Crippen LogP contribution in [0.2, 0.25) is 0 Å². The van der Waals surface area contributed by atoms with Crippen molar-refractivity contribution in [2.45, 2.75) is 25.7 Å². The van der Waals surface area contributed by atoms with Crippen LogP contribution in [-0.2, 0) is 14.3 Å². The summed E-state index contributed by atoms with van der Waals surface area (Å²) in [5, 5.41) is 3.50. The number of hydrogen-bond donors (Lipinski definition) is 2. The normalized spacial score (nSPS) is 13.8. The van der Waals surface area contributed by atoms with Crippen molar-refractivity contribution in [3.05, 3.63) is 30.1 Å². The Bertz CT molecular complexity index is 577. The fourth-order valence-electron chi connectivity index (χ4n) is 1.72. The van der Waals surface area contributed by atoms with Crippen LogP contribution >= 0.6 is 0 Å². The first-order chi connectivity index (χ1) is 11.2. The van der Waals surface area contributed by atoms with E-state index in [0.717, 1.165) is 24.3 Å². The summed E-state index contributed by atoms with van der Waals surface area (Å²) in [6.45, 7) is 1.67. The van der Waals surface area contributed by atoms with Crippen molar-refractivity contribution in [3.8, 4) is 0 Å². The number of anilines is 1. The van der Waals surface area contributed by atoms with E-state index in [-0.39, 0.29) is 12.3 Å². The lowest BCUT2D eigenvalue weighted by atomic mass is 10.2. The summed E-state index contributed by atoms with van der Waals surface area (Å²) in [7, 11) is 0. The van der Waals surface area contributed by atoms with E-state index in [9.17, 15) is 27.2 Å². The molecule has 0 heterocycles. The third-order valence-electron chi connectivity index (χ3n) is 2.71. The Hall–Kier alpha value is -2.36. The number of halogens is 4.